The molecule has 0 amide bonds. The Morgan fingerprint density at radius 1 is 1.13 bits per heavy atom. The molecule has 0 aliphatic carbocycles. The number of aromatic nitrogens is 1. The highest BCUT2D eigenvalue weighted by atomic mass is 79.9. The van der Waals surface area contributed by atoms with Gasteiger partial charge in [0, 0.05) is 6.07 Å². The van der Waals surface area contributed by atoms with Crippen LogP contribution in [0, 0.1) is 5.21 Å². The van der Waals surface area contributed by atoms with Gasteiger partial charge in [-0.3, -0.25) is 0 Å². The van der Waals surface area contributed by atoms with Crippen molar-refractivity contribution < 1.29 is 9.47 Å². The van der Waals surface area contributed by atoms with Crippen LogP contribution in [0.1, 0.15) is 0 Å². The van der Waals surface area contributed by atoms with Crippen LogP contribution in [0.5, 0.6) is 11.5 Å². The molecule has 15 heavy (non-hydrogen) atoms. The average molecular weight is 266 g/mol. The van der Waals surface area contributed by atoms with Crippen LogP contribution in [-0.4, -0.2) is 0 Å². The second-order valence-electron chi connectivity index (χ2n) is 2.93. The fraction of sp³-hybridized carbons (Fsp3) is 0. The molecule has 0 radical (unpaired) electrons. The summed E-state index contributed by atoms with van der Waals surface area (Å²) < 4.78 is 6.90. The summed E-state index contributed by atoms with van der Waals surface area (Å²) in [4.78, 5) is 0. The molecule has 0 fully saturated rings. The van der Waals surface area contributed by atoms with Gasteiger partial charge in [0.05, 0.1) is 0 Å². The number of hydrogen-bond acceptors (Lipinski definition) is 2. The molecule has 2 rings (SSSR count). The van der Waals surface area contributed by atoms with E-state index in [1.165, 1.54) is 12.4 Å². The number of pyridine rings is 1. The lowest BCUT2D eigenvalue weighted by molar-refractivity contribution is -0.606. The first-order chi connectivity index (χ1) is 7.25. The smallest absolute Gasteiger partial charge is 0.198 e. The van der Waals surface area contributed by atoms with Gasteiger partial charge in [0.25, 0.3) is 0 Å². The molecule has 1 aromatic heterocycles. The normalized spacial score (nSPS) is 9.93. The minimum absolute atomic E-state index is 0.619. The van der Waals surface area contributed by atoms with Crippen molar-refractivity contribution in [3.63, 3.8) is 0 Å². The van der Waals surface area contributed by atoms with Crippen molar-refractivity contribution >= 4 is 15.9 Å². The van der Waals surface area contributed by atoms with Crippen LogP contribution in [0.4, 0.5) is 0 Å². The topological polar surface area (TPSA) is 36.2 Å². The van der Waals surface area contributed by atoms with E-state index in [0.717, 1.165) is 5.75 Å². The molecular weight excluding hydrogens is 258 g/mol. The third kappa shape index (κ3) is 2.47. The van der Waals surface area contributed by atoms with Crippen LogP contribution in [0.3, 0.4) is 0 Å². The van der Waals surface area contributed by atoms with E-state index in [4.69, 9.17) is 4.74 Å². The van der Waals surface area contributed by atoms with Gasteiger partial charge in [-0.25, -0.2) is 0 Å². The van der Waals surface area contributed by atoms with E-state index in [0.29, 0.717) is 15.0 Å². The van der Waals surface area contributed by atoms with Crippen molar-refractivity contribution in [2.45, 2.75) is 0 Å². The number of para-hydroxylation sites is 1. The lowest BCUT2D eigenvalue weighted by Gasteiger charge is -2.06. The molecule has 0 saturated heterocycles. The van der Waals surface area contributed by atoms with Gasteiger partial charge < -0.3 is 9.94 Å². The lowest BCUT2D eigenvalue weighted by Crippen LogP contribution is -2.23. The Balaban J connectivity index is 2.25. The molecule has 2 aromatic rings. The summed E-state index contributed by atoms with van der Waals surface area (Å²) in [5.41, 5.74) is 0. The van der Waals surface area contributed by atoms with Gasteiger partial charge in [0.1, 0.15) is 10.2 Å². The van der Waals surface area contributed by atoms with Gasteiger partial charge in [-0.05, 0) is 28.1 Å². The van der Waals surface area contributed by atoms with Crippen LogP contribution in [-0.2, 0) is 0 Å². The third-order valence-electron chi connectivity index (χ3n) is 1.82. The van der Waals surface area contributed by atoms with E-state index in [1.54, 1.807) is 6.07 Å². The quantitative estimate of drug-likeness (QED) is 0.619. The Morgan fingerprint density at radius 2 is 1.87 bits per heavy atom. The van der Waals surface area contributed by atoms with E-state index in [1.807, 2.05) is 30.3 Å². The van der Waals surface area contributed by atoms with Gasteiger partial charge in [0.15, 0.2) is 18.1 Å². The summed E-state index contributed by atoms with van der Waals surface area (Å²) in [7, 11) is 0. The van der Waals surface area contributed by atoms with Crippen molar-refractivity contribution in [3.05, 3.63) is 58.5 Å². The minimum atomic E-state index is 0.619. The molecule has 0 aliphatic heterocycles. The number of rotatable bonds is 2. The van der Waals surface area contributed by atoms with Crippen molar-refractivity contribution in [2.75, 3.05) is 0 Å². The maximum Gasteiger partial charge on any atom is 0.198 e. The largest absolute Gasteiger partial charge is 0.619 e. The average Bonchev–Trinajstić information content (AvgIpc) is 2.24. The highest BCUT2D eigenvalue weighted by Crippen LogP contribution is 2.27. The number of ether oxygens (including phenoxy) is 1. The van der Waals surface area contributed by atoms with Gasteiger partial charge >= 0.3 is 0 Å². The predicted molar refractivity (Wildman–Crippen MR) is 59.6 cm³/mol. The molecule has 0 unspecified atom stereocenters. The van der Waals surface area contributed by atoms with Crippen molar-refractivity contribution in [2.24, 2.45) is 0 Å². The van der Waals surface area contributed by atoms with Crippen molar-refractivity contribution in [3.8, 4) is 11.5 Å². The van der Waals surface area contributed by atoms with Crippen LogP contribution < -0.4 is 9.47 Å². The number of halogens is 1. The second-order valence-corrected chi connectivity index (χ2v) is 3.79. The van der Waals surface area contributed by atoms with E-state index in [2.05, 4.69) is 15.9 Å². The monoisotopic (exact) mass is 265 g/mol. The van der Waals surface area contributed by atoms with Gasteiger partial charge in [-0.1, -0.05) is 18.2 Å². The summed E-state index contributed by atoms with van der Waals surface area (Å²) >= 11 is 3.26. The zero-order chi connectivity index (χ0) is 10.7. The molecule has 0 atom stereocenters. The maximum absolute atomic E-state index is 10.9. The highest BCUT2D eigenvalue weighted by Gasteiger charge is 2.05. The van der Waals surface area contributed by atoms with Gasteiger partial charge in [-0.15, -0.1) is 0 Å². The fourth-order valence-corrected chi connectivity index (χ4v) is 1.55. The van der Waals surface area contributed by atoms with Gasteiger partial charge in [0.2, 0.25) is 0 Å². The molecule has 4 heteroatoms. The Hall–Kier alpha value is -1.55. The molecule has 1 heterocycles. The predicted octanol–water partition coefficient (Wildman–Crippen LogP) is 2.87. The highest BCUT2D eigenvalue weighted by molar-refractivity contribution is 9.10. The minimum Gasteiger partial charge on any atom is -0.619 e. The molecule has 0 bridgehead atoms. The molecule has 76 valence electrons. The van der Waals surface area contributed by atoms with Crippen molar-refractivity contribution in [1.29, 1.82) is 0 Å². The molecule has 0 aliphatic rings. The first-order valence-corrected chi connectivity index (χ1v) is 5.16. The van der Waals surface area contributed by atoms with Crippen LogP contribution in [0.25, 0.3) is 0 Å². The number of hydrogen-bond donors (Lipinski definition) is 0. The number of benzene rings is 1. The Kier molecular flexibility index (Phi) is 2.87. The van der Waals surface area contributed by atoms with E-state index < -0.39 is 0 Å². The van der Waals surface area contributed by atoms with E-state index in [-0.39, 0.29) is 0 Å². The Labute approximate surface area is 95.6 Å². The standard InChI is InChI=1S/C11H8BrNO2/c12-10-8-13(14)7-6-11(10)15-9-4-2-1-3-5-9/h1-8H. The summed E-state index contributed by atoms with van der Waals surface area (Å²) in [6.07, 6.45) is 2.79. The molecule has 0 saturated carbocycles. The molecule has 0 N–H and O–H groups in total. The third-order valence-corrected chi connectivity index (χ3v) is 2.42. The molecule has 1 aromatic carbocycles. The lowest BCUT2D eigenvalue weighted by atomic mass is 10.3. The summed E-state index contributed by atoms with van der Waals surface area (Å²) in [6, 6.07) is 11.0. The second kappa shape index (κ2) is 4.31. The zero-order valence-electron chi connectivity index (χ0n) is 7.76. The first-order valence-electron chi connectivity index (χ1n) is 4.37. The van der Waals surface area contributed by atoms with Crippen molar-refractivity contribution in [1.82, 2.24) is 0 Å². The first kappa shape index (κ1) is 9.98. The van der Waals surface area contributed by atoms with E-state index >= 15 is 0 Å². The SMILES string of the molecule is [O-][n+]1ccc(Oc2ccccc2)c(Br)c1. The number of nitrogens with zero attached hydrogens (tertiary/aromatic N) is 1. The maximum atomic E-state index is 10.9. The zero-order valence-corrected chi connectivity index (χ0v) is 9.35. The van der Waals surface area contributed by atoms with Crippen LogP contribution >= 0.6 is 15.9 Å². The summed E-state index contributed by atoms with van der Waals surface area (Å²) in [6.45, 7) is 0. The van der Waals surface area contributed by atoms with E-state index in [9.17, 15) is 5.21 Å². The van der Waals surface area contributed by atoms with Gasteiger partial charge in [-0.2, -0.15) is 4.73 Å². The van der Waals surface area contributed by atoms with Crippen LogP contribution in [0.2, 0.25) is 0 Å². The van der Waals surface area contributed by atoms with Crippen LogP contribution in [0.15, 0.2) is 53.3 Å². The summed E-state index contributed by atoms with van der Waals surface area (Å²) in [5.74, 6) is 1.36. The molecular formula is C11H8BrNO2. The summed E-state index contributed by atoms with van der Waals surface area (Å²) in [5, 5.41) is 10.9. The Morgan fingerprint density at radius 3 is 2.53 bits per heavy atom. The molecule has 0 spiro atoms. The Bertz CT molecular complexity index is 459. The molecule has 3 nitrogen and oxygen atoms in total. The fourth-order valence-electron chi connectivity index (χ4n) is 1.14.